The number of nitrogen functional groups attached to an aromatic ring is 1. The Kier molecular flexibility index (Phi) is 5.53. The van der Waals surface area contributed by atoms with Crippen molar-refractivity contribution in [1.82, 2.24) is 24.9 Å². The Morgan fingerprint density at radius 3 is 2.68 bits per heavy atom. The van der Waals surface area contributed by atoms with Crippen LogP contribution in [-0.2, 0) is 0 Å². The Hall–Kier alpha value is -3.20. The molecule has 0 unspecified atom stereocenters. The van der Waals surface area contributed by atoms with Crippen LogP contribution in [0.2, 0.25) is 0 Å². The van der Waals surface area contributed by atoms with E-state index in [0.717, 1.165) is 31.2 Å². The monoisotopic (exact) mass is 424 g/mol. The lowest BCUT2D eigenvalue weighted by Crippen LogP contribution is -2.41. The molecule has 0 radical (unpaired) electrons. The first-order valence-corrected chi connectivity index (χ1v) is 10.4. The number of ether oxygens (including phenoxy) is 1. The molecule has 164 valence electrons. The number of aliphatic hydroxyl groups is 1. The number of carbonyl (C=O) groups excluding carboxylic acids is 1. The van der Waals surface area contributed by atoms with Gasteiger partial charge in [-0.3, -0.25) is 4.79 Å². The van der Waals surface area contributed by atoms with Crippen molar-refractivity contribution in [2.75, 3.05) is 12.8 Å². The van der Waals surface area contributed by atoms with Gasteiger partial charge >= 0.3 is 0 Å². The van der Waals surface area contributed by atoms with E-state index in [1.807, 2.05) is 19.9 Å². The highest BCUT2D eigenvalue weighted by Gasteiger charge is 2.32. The third-order valence-electron chi connectivity index (χ3n) is 6.13. The number of nitrogens with zero attached hydrogens (tertiary/aromatic N) is 4. The van der Waals surface area contributed by atoms with Crippen LogP contribution >= 0.6 is 0 Å². The summed E-state index contributed by atoms with van der Waals surface area (Å²) in [7, 11) is 1.55. The van der Waals surface area contributed by atoms with E-state index >= 15 is 0 Å². The van der Waals surface area contributed by atoms with Crippen molar-refractivity contribution < 1.29 is 14.6 Å². The first-order valence-electron chi connectivity index (χ1n) is 10.4. The molecule has 3 aromatic rings. The van der Waals surface area contributed by atoms with Gasteiger partial charge in [-0.15, -0.1) is 0 Å². The number of pyridine rings is 1. The van der Waals surface area contributed by atoms with Gasteiger partial charge in [0.1, 0.15) is 11.8 Å². The molecule has 0 aliphatic heterocycles. The summed E-state index contributed by atoms with van der Waals surface area (Å²) < 4.78 is 6.85. The quantitative estimate of drug-likeness (QED) is 0.574. The van der Waals surface area contributed by atoms with E-state index in [1.54, 1.807) is 30.0 Å². The number of amides is 1. The van der Waals surface area contributed by atoms with Gasteiger partial charge in [-0.05, 0) is 57.6 Å². The zero-order chi connectivity index (χ0) is 22.2. The zero-order valence-corrected chi connectivity index (χ0v) is 18.0. The van der Waals surface area contributed by atoms with Crippen LogP contribution in [0.1, 0.15) is 49.9 Å². The van der Waals surface area contributed by atoms with Crippen molar-refractivity contribution in [2.45, 2.75) is 51.2 Å². The largest absolute Gasteiger partial charge is 0.481 e. The summed E-state index contributed by atoms with van der Waals surface area (Å²) >= 11 is 0. The Morgan fingerprint density at radius 1 is 1.26 bits per heavy atom. The summed E-state index contributed by atoms with van der Waals surface area (Å²) in [5.74, 6) is 0.730. The van der Waals surface area contributed by atoms with Crippen molar-refractivity contribution in [3.8, 4) is 17.1 Å². The number of anilines is 1. The first kappa shape index (κ1) is 21.0. The third kappa shape index (κ3) is 4.18. The van der Waals surface area contributed by atoms with Gasteiger partial charge in [0, 0.05) is 23.9 Å². The highest BCUT2D eigenvalue weighted by atomic mass is 16.5. The molecular formula is C22H28N6O3. The molecule has 0 saturated heterocycles. The second-order valence-corrected chi connectivity index (χ2v) is 8.61. The van der Waals surface area contributed by atoms with Crippen LogP contribution in [0, 0.1) is 5.92 Å². The van der Waals surface area contributed by atoms with E-state index in [9.17, 15) is 9.90 Å². The van der Waals surface area contributed by atoms with Gasteiger partial charge in [-0.2, -0.15) is 5.10 Å². The summed E-state index contributed by atoms with van der Waals surface area (Å²) in [6.07, 6.45) is 6.40. The second kappa shape index (κ2) is 8.14. The Labute approximate surface area is 180 Å². The standard InChI is InChI=1S/C22H28N6O3/c1-22(2,30)14-4-6-15(7-5-14)27-21(29)16-11-17(13-8-9-24-18(10-13)31-3)28-19(16)20(23)25-12-26-28/h8-12,14-15,30H,4-7H2,1-3H3,(H,27,29)(H2,23,25,26)/t14-,15-. The molecule has 3 heterocycles. The number of rotatable bonds is 5. The molecule has 31 heavy (non-hydrogen) atoms. The maximum Gasteiger partial charge on any atom is 0.253 e. The van der Waals surface area contributed by atoms with E-state index in [2.05, 4.69) is 20.4 Å². The van der Waals surface area contributed by atoms with Crippen LogP contribution < -0.4 is 15.8 Å². The van der Waals surface area contributed by atoms with Gasteiger partial charge in [0.05, 0.1) is 24.0 Å². The molecule has 0 aromatic carbocycles. The molecule has 0 atom stereocenters. The normalized spacial score (nSPS) is 19.4. The van der Waals surface area contributed by atoms with Gasteiger partial charge in [0.2, 0.25) is 5.88 Å². The highest BCUT2D eigenvalue weighted by molar-refractivity contribution is 6.05. The molecule has 1 saturated carbocycles. The molecule has 1 aliphatic rings. The minimum atomic E-state index is -0.695. The predicted octanol–water partition coefficient (Wildman–Crippen LogP) is 2.44. The van der Waals surface area contributed by atoms with Crippen LogP contribution in [0.25, 0.3) is 16.8 Å². The Balaban J connectivity index is 1.63. The lowest BCUT2D eigenvalue weighted by Gasteiger charge is -2.36. The number of hydrogen-bond acceptors (Lipinski definition) is 7. The molecule has 4 rings (SSSR count). The van der Waals surface area contributed by atoms with Crippen LogP contribution in [-0.4, -0.2) is 49.3 Å². The maximum atomic E-state index is 13.2. The number of fused-ring (bicyclic) bond motifs is 1. The van der Waals surface area contributed by atoms with Crippen molar-refractivity contribution in [3.05, 3.63) is 36.3 Å². The predicted molar refractivity (Wildman–Crippen MR) is 117 cm³/mol. The number of nitrogens with one attached hydrogen (secondary N) is 1. The molecular weight excluding hydrogens is 396 g/mol. The number of methoxy groups -OCH3 is 1. The van der Waals surface area contributed by atoms with Crippen molar-refractivity contribution in [3.63, 3.8) is 0 Å². The summed E-state index contributed by atoms with van der Waals surface area (Å²) in [6.45, 7) is 3.70. The minimum absolute atomic E-state index is 0.0522. The molecule has 0 bridgehead atoms. The van der Waals surface area contributed by atoms with E-state index < -0.39 is 5.60 Å². The topological polar surface area (TPSA) is 128 Å². The van der Waals surface area contributed by atoms with E-state index in [1.165, 1.54) is 6.33 Å². The summed E-state index contributed by atoms with van der Waals surface area (Å²) in [6, 6.07) is 5.42. The van der Waals surface area contributed by atoms with Gasteiger partial charge in [-0.1, -0.05) is 0 Å². The third-order valence-corrected chi connectivity index (χ3v) is 6.13. The van der Waals surface area contributed by atoms with Gasteiger partial charge in [-0.25, -0.2) is 14.5 Å². The molecule has 9 nitrogen and oxygen atoms in total. The molecule has 0 spiro atoms. The summed E-state index contributed by atoms with van der Waals surface area (Å²) in [5, 5.41) is 17.7. The average Bonchev–Trinajstić information content (AvgIpc) is 3.15. The molecule has 1 aliphatic carbocycles. The smallest absolute Gasteiger partial charge is 0.253 e. The summed E-state index contributed by atoms with van der Waals surface area (Å²) in [4.78, 5) is 21.4. The lowest BCUT2D eigenvalue weighted by molar-refractivity contribution is -0.00257. The van der Waals surface area contributed by atoms with Crippen molar-refractivity contribution >= 4 is 17.2 Å². The molecule has 4 N–H and O–H groups in total. The number of nitrogens with two attached hydrogens (primary N) is 1. The Bertz CT molecular complexity index is 1100. The van der Waals surface area contributed by atoms with E-state index in [4.69, 9.17) is 10.5 Å². The van der Waals surface area contributed by atoms with Crippen LogP contribution in [0.15, 0.2) is 30.7 Å². The fraction of sp³-hybridized carbons (Fsp3) is 0.455. The SMILES string of the molecule is COc1cc(-c2cc(C(=O)N[C@H]3CC[C@H](C(C)(C)O)CC3)c3c(N)ncnn23)ccn1. The zero-order valence-electron chi connectivity index (χ0n) is 18.0. The summed E-state index contributed by atoms with van der Waals surface area (Å²) in [5.41, 5.74) is 7.81. The first-order chi connectivity index (χ1) is 14.8. The van der Waals surface area contributed by atoms with Crippen molar-refractivity contribution in [2.24, 2.45) is 5.92 Å². The highest BCUT2D eigenvalue weighted by Crippen LogP contribution is 2.33. The van der Waals surface area contributed by atoms with Gasteiger partial charge in [0.25, 0.3) is 5.91 Å². The molecule has 9 heteroatoms. The van der Waals surface area contributed by atoms with Crippen LogP contribution in [0.4, 0.5) is 5.82 Å². The van der Waals surface area contributed by atoms with Gasteiger partial charge in [0.15, 0.2) is 5.82 Å². The minimum Gasteiger partial charge on any atom is -0.481 e. The Morgan fingerprint density at radius 2 is 2.00 bits per heavy atom. The van der Waals surface area contributed by atoms with Gasteiger partial charge < -0.3 is 20.9 Å². The van der Waals surface area contributed by atoms with E-state index in [0.29, 0.717) is 22.7 Å². The van der Waals surface area contributed by atoms with E-state index in [-0.39, 0.29) is 23.7 Å². The molecule has 1 amide bonds. The van der Waals surface area contributed by atoms with Crippen LogP contribution in [0.3, 0.4) is 0 Å². The lowest BCUT2D eigenvalue weighted by atomic mass is 9.77. The fourth-order valence-electron chi connectivity index (χ4n) is 4.33. The maximum absolute atomic E-state index is 13.2. The number of aromatic nitrogens is 4. The second-order valence-electron chi connectivity index (χ2n) is 8.61. The van der Waals surface area contributed by atoms with Crippen LogP contribution in [0.5, 0.6) is 5.88 Å². The molecule has 3 aromatic heterocycles. The number of carbonyl (C=O) groups is 1. The molecule has 1 fully saturated rings. The fourth-order valence-corrected chi connectivity index (χ4v) is 4.33. The number of hydrogen-bond donors (Lipinski definition) is 3. The average molecular weight is 425 g/mol. The van der Waals surface area contributed by atoms with Crippen molar-refractivity contribution in [1.29, 1.82) is 0 Å².